The Kier molecular flexibility index (Phi) is 24.3. The number of nitrogens with one attached hydrogen (secondary N) is 9. The van der Waals surface area contributed by atoms with Gasteiger partial charge in [0.05, 0.1) is 24.6 Å². The Morgan fingerprint density at radius 2 is 1.19 bits per heavy atom. The number of halogens is 3. The van der Waals surface area contributed by atoms with Gasteiger partial charge in [0.2, 0.25) is 35.4 Å². The third kappa shape index (κ3) is 18.9. The molecule has 7 fully saturated rings. The summed E-state index contributed by atoms with van der Waals surface area (Å²) in [5.41, 5.74) is -1.50. The third-order valence-electron chi connectivity index (χ3n) is 20.2. The monoisotopic (exact) mass is 1340 g/mol. The number of ether oxygens (including phenoxy) is 2. The van der Waals surface area contributed by atoms with Crippen LogP contribution in [0.25, 0.3) is 0 Å². The highest BCUT2D eigenvalue weighted by molar-refractivity contribution is 6.03. The van der Waals surface area contributed by atoms with Crippen molar-refractivity contribution in [2.24, 2.45) is 35.5 Å². The number of likely N-dealkylation sites (N-methyl/N-ethyl adjacent to an activating group) is 3. The zero-order valence-corrected chi connectivity index (χ0v) is 56.5. The van der Waals surface area contributed by atoms with Gasteiger partial charge in [-0.2, -0.15) is 0 Å². The van der Waals surface area contributed by atoms with Gasteiger partial charge in [0.25, 0.3) is 11.8 Å². The summed E-state index contributed by atoms with van der Waals surface area (Å²) in [7, 11) is 3.89. The van der Waals surface area contributed by atoms with Crippen LogP contribution in [0.3, 0.4) is 0 Å². The van der Waals surface area contributed by atoms with Gasteiger partial charge in [-0.3, -0.25) is 38.4 Å². The van der Waals surface area contributed by atoms with Crippen molar-refractivity contribution in [3.63, 3.8) is 0 Å². The number of anilines is 2. The fourth-order valence-corrected chi connectivity index (χ4v) is 13.6. The Bertz CT molecular complexity index is 3210. The highest BCUT2D eigenvalue weighted by Crippen LogP contribution is 2.52. The standard InChI is InChI=1S/C69H98F3N13O11/c1-9-74-53(23-26-73)62(88)80-59(55(43-11-12-43)44-13-14-44)63(89)76-51-22-20-48(34-50(51)71)41(5)58(66(92)85-30-27-82(7)35-39(85)3)78-54(86)37-95-31-10-32-96-68(94)75-42(6)61(87)79-57(65(91)84-29-28-83(8)38(2)36-84)40(4)47-19-21-52(49(70)33-47)77-64(90)60(81-67(93)69(72)24-25-69)56(45-15-16-45)46-17-18-46/h19-23,26,33-34,38-46,55-60,73-74H,9-18,24-25,27-32,35-37H2,1-8H3,(H,75,94)(H,76,89)(H,77,90)(H,78,86)(H,79,87)(H,80,88)(H,81,93)/b53-23-,73-26?/t38-,39+,40+,41+,42+,57-,58-,59+,60+/m1/s1. The number of rotatable bonds is 33. The number of hydrogen-bond acceptors (Lipinski definition) is 15. The number of carbonyl (C=O) groups is 9. The fourth-order valence-electron chi connectivity index (χ4n) is 13.6. The normalized spacial score (nSPS) is 21.9. The lowest BCUT2D eigenvalue weighted by atomic mass is 9.88. The molecule has 24 nitrogen and oxygen atoms in total. The highest BCUT2D eigenvalue weighted by Gasteiger charge is 2.55. The molecule has 2 saturated heterocycles. The number of hydrogen-bond donors (Lipinski definition) is 9. The first-order valence-electron chi connectivity index (χ1n) is 34.3. The molecule has 96 heavy (non-hydrogen) atoms. The van der Waals surface area contributed by atoms with Gasteiger partial charge < -0.3 is 77.0 Å². The molecule has 9 amide bonds. The summed E-state index contributed by atoms with van der Waals surface area (Å²) in [4.78, 5) is 132. The van der Waals surface area contributed by atoms with Crippen LogP contribution in [0.4, 0.5) is 29.3 Å². The van der Waals surface area contributed by atoms with Crippen LogP contribution >= 0.6 is 0 Å². The van der Waals surface area contributed by atoms with Gasteiger partial charge in [-0.1, -0.05) is 26.0 Å². The van der Waals surface area contributed by atoms with E-state index in [1.165, 1.54) is 37.3 Å². The van der Waals surface area contributed by atoms with E-state index in [1.807, 2.05) is 27.9 Å². The van der Waals surface area contributed by atoms with Crippen molar-refractivity contribution in [1.82, 2.24) is 51.5 Å². The van der Waals surface area contributed by atoms with Crippen LogP contribution in [0.15, 0.2) is 48.2 Å². The van der Waals surface area contributed by atoms with E-state index in [2.05, 4.69) is 52.3 Å². The molecule has 526 valence electrons. The minimum atomic E-state index is -2.01. The molecule has 0 radical (unpaired) electrons. The van der Waals surface area contributed by atoms with Gasteiger partial charge in [-0.15, -0.1) is 0 Å². The summed E-state index contributed by atoms with van der Waals surface area (Å²) < 4.78 is 58.4. The molecule has 0 unspecified atom stereocenters. The van der Waals surface area contributed by atoms with Crippen LogP contribution in [-0.4, -0.2) is 207 Å². The van der Waals surface area contributed by atoms with Crippen molar-refractivity contribution in [2.75, 3.05) is 90.4 Å². The minimum absolute atomic E-state index is 0.0102. The number of carbonyl (C=O) groups excluding carboxylic acids is 9. The molecule has 2 aromatic rings. The van der Waals surface area contributed by atoms with E-state index < -0.39 is 113 Å². The second kappa shape index (κ2) is 32.1. The van der Waals surface area contributed by atoms with Crippen LogP contribution in [0, 0.1) is 52.6 Å². The van der Waals surface area contributed by atoms with Gasteiger partial charge >= 0.3 is 6.09 Å². The van der Waals surface area contributed by atoms with Crippen LogP contribution in [-0.2, 0) is 47.8 Å². The lowest BCUT2D eigenvalue weighted by molar-refractivity contribution is -0.141. The summed E-state index contributed by atoms with van der Waals surface area (Å²) in [6.07, 6.45) is 8.83. The number of amides is 9. The maximum atomic E-state index is 16.3. The molecule has 2 aliphatic heterocycles. The molecule has 0 spiro atoms. The number of benzene rings is 2. The molecule has 9 N–H and O–H groups in total. The molecular weight excluding hydrogens is 1240 g/mol. The predicted octanol–water partition coefficient (Wildman–Crippen LogP) is 5.05. The van der Waals surface area contributed by atoms with Crippen molar-refractivity contribution in [2.45, 2.75) is 172 Å². The predicted molar refractivity (Wildman–Crippen MR) is 353 cm³/mol. The van der Waals surface area contributed by atoms with E-state index >= 15 is 8.78 Å². The highest BCUT2D eigenvalue weighted by atomic mass is 19.1. The molecule has 5 saturated carbocycles. The van der Waals surface area contributed by atoms with E-state index in [-0.39, 0.29) is 103 Å². The minimum Gasteiger partial charge on any atom is -0.449 e. The third-order valence-corrected chi connectivity index (χ3v) is 20.2. The first-order chi connectivity index (χ1) is 45.8. The van der Waals surface area contributed by atoms with Crippen LogP contribution in [0.2, 0.25) is 0 Å². The maximum Gasteiger partial charge on any atom is 0.407 e. The van der Waals surface area contributed by atoms with E-state index in [1.54, 1.807) is 42.7 Å². The van der Waals surface area contributed by atoms with Gasteiger partial charge in [-0.25, -0.2) is 18.0 Å². The van der Waals surface area contributed by atoms with Crippen molar-refractivity contribution >= 4 is 70.9 Å². The molecule has 7 aliphatic rings. The Morgan fingerprint density at radius 1 is 0.646 bits per heavy atom. The second-order valence-corrected chi connectivity index (χ2v) is 27.9. The number of nitrogens with zero attached hydrogens (tertiary/aromatic N) is 4. The maximum absolute atomic E-state index is 16.3. The average Bonchev–Trinajstić information content (AvgIpc) is 1.78. The molecule has 9 rings (SSSR count). The zero-order chi connectivity index (χ0) is 69.3. The van der Waals surface area contributed by atoms with E-state index in [0.717, 1.165) is 57.6 Å². The SMILES string of the molecule is CCN/C(=C\C=N)C(=O)N[C@H](C(=O)Nc1ccc([C@H](C)[C@@H](NC(=O)COCCCOC(=O)N[C@@H](C)C(=O)N[C@@H](C(=O)N2CCN(C)[C@H](C)C2)[C@@H](C)c2ccc(NC(=O)[C@@H](NC(=O)C3(F)CC3)C(C3CC3)C3CC3)c(F)c2)C(=O)N2CCN(C)C[C@@H]2C)cc1F)C(C1CC1)C1CC1. The van der Waals surface area contributed by atoms with Crippen LogP contribution < -0.4 is 42.5 Å². The second-order valence-electron chi connectivity index (χ2n) is 27.9. The smallest absolute Gasteiger partial charge is 0.407 e. The number of allylic oxidation sites excluding steroid dienone is 1. The van der Waals surface area contributed by atoms with Crippen molar-refractivity contribution in [3.05, 3.63) is 70.9 Å². The Labute approximate surface area is 560 Å². The quantitative estimate of drug-likeness (QED) is 0.0257. The van der Waals surface area contributed by atoms with E-state index in [0.29, 0.717) is 56.9 Å². The Morgan fingerprint density at radius 3 is 1.68 bits per heavy atom. The molecule has 2 aromatic carbocycles. The Balaban J connectivity index is 0.773. The zero-order valence-electron chi connectivity index (χ0n) is 56.5. The lowest BCUT2D eigenvalue weighted by Gasteiger charge is -2.41. The van der Waals surface area contributed by atoms with E-state index in [4.69, 9.17) is 14.9 Å². The molecule has 5 aliphatic carbocycles. The number of alkyl carbamates (subject to hydrolysis) is 1. The van der Waals surface area contributed by atoms with Gasteiger partial charge in [0, 0.05) is 82.4 Å². The number of alkyl halides is 1. The molecule has 9 atom stereocenters. The van der Waals surface area contributed by atoms with Crippen molar-refractivity contribution in [1.29, 1.82) is 5.41 Å². The van der Waals surface area contributed by atoms with Gasteiger partial charge in [-0.05, 0) is 183 Å². The number of piperazine rings is 2. The summed E-state index contributed by atoms with van der Waals surface area (Å²) >= 11 is 0. The summed E-state index contributed by atoms with van der Waals surface area (Å²) in [6, 6.07) is 2.39. The van der Waals surface area contributed by atoms with Gasteiger partial charge in [0.15, 0.2) is 5.67 Å². The van der Waals surface area contributed by atoms with Crippen molar-refractivity contribution < 1.29 is 65.8 Å². The largest absolute Gasteiger partial charge is 0.449 e. The van der Waals surface area contributed by atoms with Crippen LogP contribution in [0.1, 0.15) is 135 Å². The average molecular weight is 1340 g/mol. The lowest BCUT2D eigenvalue weighted by Crippen LogP contribution is -2.59. The molecule has 27 heteroatoms. The molecule has 0 bridgehead atoms. The van der Waals surface area contributed by atoms with Crippen molar-refractivity contribution in [3.8, 4) is 0 Å². The topological polar surface area (TPSA) is 305 Å². The Hall–Kier alpha value is -7.65. The molecule has 0 aromatic heterocycles. The summed E-state index contributed by atoms with van der Waals surface area (Å²) in [5, 5.41) is 29.5. The van der Waals surface area contributed by atoms with E-state index in [9.17, 15) is 47.5 Å². The van der Waals surface area contributed by atoms with Gasteiger partial charge in [0.1, 0.15) is 54.1 Å². The summed E-state index contributed by atoms with van der Waals surface area (Å²) in [6.45, 7) is 12.9. The fraction of sp³-hybridized carbons (Fsp3) is 0.652. The van der Waals surface area contributed by atoms with Crippen LogP contribution in [0.5, 0.6) is 0 Å². The molecule has 2 heterocycles. The molecular formula is C69H98F3N13O11. The first kappa shape index (κ1) is 72.6. The first-order valence-corrected chi connectivity index (χ1v) is 34.3. The summed E-state index contributed by atoms with van der Waals surface area (Å²) in [5.74, 6) is -7.49.